The Morgan fingerprint density at radius 3 is 2.29 bits per heavy atom. The van der Waals surface area contributed by atoms with Gasteiger partial charge in [-0.2, -0.15) is 13.2 Å². The lowest BCUT2D eigenvalue weighted by atomic mass is 9.81. The van der Waals surface area contributed by atoms with Gasteiger partial charge in [-0.15, -0.1) is 0 Å². The topological polar surface area (TPSA) is 49.9 Å². The summed E-state index contributed by atoms with van der Waals surface area (Å²) in [6.45, 7) is 5.85. The van der Waals surface area contributed by atoms with Crippen LogP contribution in [0.1, 0.15) is 38.3 Å². The summed E-state index contributed by atoms with van der Waals surface area (Å²) in [5.41, 5.74) is -0.627. The van der Waals surface area contributed by atoms with Crippen molar-refractivity contribution in [3.63, 3.8) is 0 Å². The summed E-state index contributed by atoms with van der Waals surface area (Å²) in [6, 6.07) is 11.8. The zero-order chi connectivity index (χ0) is 22.6. The SMILES string of the molecule is CC(C)(C)OC(=O)N1CCC2(C1)C(=O)N(c1ccc(C(F)(F)F)cc1)c1ccccc12. The zero-order valence-corrected chi connectivity index (χ0v) is 17.5. The Balaban J connectivity index is 1.68. The number of nitrogens with zero attached hydrogens (tertiary/aromatic N) is 2. The van der Waals surface area contributed by atoms with Crippen molar-refractivity contribution in [2.24, 2.45) is 0 Å². The Labute approximate surface area is 178 Å². The van der Waals surface area contributed by atoms with Crippen LogP contribution in [0.5, 0.6) is 0 Å². The fourth-order valence-electron chi connectivity index (χ4n) is 4.25. The number of halogens is 3. The van der Waals surface area contributed by atoms with Crippen LogP contribution >= 0.6 is 0 Å². The fraction of sp³-hybridized carbons (Fsp3) is 0.391. The predicted molar refractivity (Wildman–Crippen MR) is 109 cm³/mol. The largest absolute Gasteiger partial charge is 0.444 e. The number of amides is 2. The number of para-hydroxylation sites is 1. The lowest BCUT2D eigenvalue weighted by molar-refractivity contribution is -0.137. The van der Waals surface area contributed by atoms with Crippen molar-refractivity contribution in [1.82, 2.24) is 4.90 Å². The molecule has 1 spiro atoms. The third kappa shape index (κ3) is 3.64. The van der Waals surface area contributed by atoms with Crippen molar-refractivity contribution in [1.29, 1.82) is 0 Å². The minimum absolute atomic E-state index is 0.162. The second-order valence-electron chi connectivity index (χ2n) is 8.94. The molecule has 0 bridgehead atoms. The molecule has 4 rings (SSSR count). The first-order chi connectivity index (χ1) is 14.4. The summed E-state index contributed by atoms with van der Waals surface area (Å²) >= 11 is 0. The highest BCUT2D eigenvalue weighted by atomic mass is 19.4. The van der Waals surface area contributed by atoms with Crippen LogP contribution in [-0.4, -0.2) is 35.6 Å². The summed E-state index contributed by atoms with van der Waals surface area (Å²) in [5, 5.41) is 0. The van der Waals surface area contributed by atoms with Crippen LogP contribution in [-0.2, 0) is 21.1 Å². The summed E-state index contributed by atoms with van der Waals surface area (Å²) < 4.78 is 44.3. The van der Waals surface area contributed by atoms with Gasteiger partial charge in [-0.3, -0.25) is 9.69 Å². The van der Waals surface area contributed by atoms with Gasteiger partial charge in [0.25, 0.3) is 0 Å². The van der Waals surface area contributed by atoms with Crippen LogP contribution in [0.25, 0.3) is 0 Å². The quantitative estimate of drug-likeness (QED) is 0.618. The molecule has 2 heterocycles. The number of anilines is 2. The molecule has 1 fully saturated rings. The standard InChI is InChI=1S/C23H23F3N2O3/c1-21(2,3)31-20(30)27-13-12-22(14-27)17-6-4-5-7-18(17)28(19(22)29)16-10-8-15(9-11-16)23(24,25)26/h4-11H,12-14H2,1-3H3. The summed E-state index contributed by atoms with van der Waals surface area (Å²) in [7, 11) is 0. The molecule has 0 N–H and O–H groups in total. The summed E-state index contributed by atoms with van der Waals surface area (Å²) in [4.78, 5) is 29.2. The van der Waals surface area contributed by atoms with Crippen molar-refractivity contribution >= 4 is 23.4 Å². The number of ether oxygens (including phenoxy) is 1. The molecule has 2 aromatic rings. The van der Waals surface area contributed by atoms with Gasteiger partial charge < -0.3 is 9.64 Å². The van der Waals surface area contributed by atoms with E-state index in [4.69, 9.17) is 4.74 Å². The number of hydrogen-bond donors (Lipinski definition) is 0. The van der Waals surface area contributed by atoms with E-state index in [1.165, 1.54) is 21.9 Å². The molecule has 2 aliphatic heterocycles. The van der Waals surface area contributed by atoms with Crippen molar-refractivity contribution in [3.8, 4) is 0 Å². The monoisotopic (exact) mass is 432 g/mol. The Morgan fingerprint density at radius 1 is 1.03 bits per heavy atom. The molecular weight excluding hydrogens is 409 g/mol. The minimum Gasteiger partial charge on any atom is -0.444 e. The first kappa shape index (κ1) is 21.2. The maximum atomic E-state index is 13.6. The number of fused-ring (bicyclic) bond motifs is 2. The van der Waals surface area contributed by atoms with Crippen LogP contribution in [0.4, 0.5) is 29.3 Å². The number of rotatable bonds is 1. The van der Waals surface area contributed by atoms with E-state index >= 15 is 0 Å². The average Bonchev–Trinajstić information content (AvgIpc) is 3.22. The van der Waals surface area contributed by atoms with Gasteiger partial charge >= 0.3 is 12.3 Å². The molecule has 1 atom stereocenters. The molecule has 1 saturated heterocycles. The van der Waals surface area contributed by atoms with E-state index in [9.17, 15) is 22.8 Å². The first-order valence-electron chi connectivity index (χ1n) is 10.0. The van der Waals surface area contributed by atoms with E-state index in [2.05, 4.69) is 0 Å². The van der Waals surface area contributed by atoms with E-state index < -0.39 is 28.8 Å². The van der Waals surface area contributed by atoms with E-state index in [1.54, 1.807) is 32.9 Å². The van der Waals surface area contributed by atoms with E-state index in [0.29, 0.717) is 24.3 Å². The molecule has 0 aromatic heterocycles. The molecule has 5 nitrogen and oxygen atoms in total. The van der Waals surface area contributed by atoms with Crippen LogP contribution in [0, 0.1) is 0 Å². The number of carbonyl (C=O) groups is 2. The highest BCUT2D eigenvalue weighted by Gasteiger charge is 2.56. The highest BCUT2D eigenvalue weighted by Crippen LogP contribution is 2.50. The van der Waals surface area contributed by atoms with Crippen LogP contribution in [0.3, 0.4) is 0 Å². The Hall–Kier alpha value is -3.03. The van der Waals surface area contributed by atoms with Gasteiger partial charge in [-0.1, -0.05) is 18.2 Å². The van der Waals surface area contributed by atoms with Gasteiger partial charge in [0.2, 0.25) is 5.91 Å². The molecule has 2 amide bonds. The number of benzene rings is 2. The molecule has 0 aliphatic carbocycles. The minimum atomic E-state index is -4.45. The maximum absolute atomic E-state index is 13.6. The van der Waals surface area contributed by atoms with Gasteiger partial charge in [0.1, 0.15) is 5.60 Å². The van der Waals surface area contributed by atoms with Gasteiger partial charge in [0.15, 0.2) is 0 Å². The van der Waals surface area contributed by atoms with E-state index in [0.717, 1.165) is 17.7 Å². The molecule has 0 radical (unpaired) electrons. The number of carbonyl (C=O) groups excluding carboxylic acids is 2. The summed E-state index contributed by atoms with van der Waals surface area (Å²) in [5.74, 6) is -0.250. The molecule has 164 valence electrons. The lowest BCUT2D eigenvalue weighted by Gasteiger charge is -2.27. The van der Waals surface area contributed by atoms with E-state index in [-0.39, 0.29) is 12.5 Å². The molecule has 1 unspecified atom stereocenters. The lowest BCUT2D eigenvalue weighted by Crippen LogP contribution is -2.43. The zero-order valence-electron chi connectivity index (χ0n) is 17.5. The molecular formula is C23H23F3N2O3. The normalized spacial score (nSPS) is 21.0. The van der Waals surface area contributed by atoms with Crippen molar-refractivity contribution in [3.05, 3.63) is 59.7 Å². The number of alkyl halides is 3. The smallest absolute Gasteiger partial charge is 0.416 e. The molecule has 2 aliphatic rings. The van der Waals surface area contributed by atoms with Crippen LogP contribution in [0.15, 0.2) is 48.5 Å². The van der Waals surface area contributed by atoms with Crippen molar-refractivity contribution < 1.29 is 27.5 Å². The number of likely N-dealkylation sites (tertiary alicyclic amines) is 1. The second-order valence-corrected chi connectivity index (χ2v) is 8.94. The molecule has 0 saturated carbocycles. The average molecular weight is 432 g/mol. The van der Waals surface area contributed by atoms with Gasteiger partial charge in [0, 0.05) is 18.8 Å². The highest BCUT2D eigenvalue weighted by molar-refractivity contribution is 6.13. The predicted octanol–water partition coefficient (Wildman–Crippen LogP) is 5.26. The third-order valence-electron chi connectivity index (χ3n) is 5.65. The van der Waals surface area contributed by atoms with Crippen molar-refractivity contribution in [2.45, 2.75) is 44.4 Å². The summed E-state index contributed by atoms with van der Waals surface area (Å²) in [6.07, 6.45) is -4.52. The molecule has 8 heteroatoms. The first-order valence-corrected chi connectivity index (χ1v) is 10.0. The van der Waals surface area contributed by atoms with Crippen LogP contribution < -0.4 is 4.90 Å². The van der Waals surface area contributed by atoms with Crippen molar-refractivity contribution in [2.75, 3.05) is 18.0 Å². The van der Waals surface area contributed by atoms with Crippen LogP contribution in [0.2, 0.25) is 0 Å². The molecule has 31 heavy (non-hydrogen) atoms. The molecule has 2 aromatic carbocycles. The van der Waals surface area contributed by atoms with Gasteiger partial charge in [0.05, 0.1) is 16.7 Å². The van der Waals surface area contributed by atoms with Gasteiger partial charge in [-0.05, 0) is 63.1 Å². The Bertz CT molecular complexity index is 1030. The third-order valence-corrected chi connectivity index (χ3v) is 5.65. The second kappa shape index (κ2) is 7.00. The fourth-order valence-corrected chi connectivity index (χ4v) is 4.25. The van der Waals surface area contributed by atoms with E-state index in [1.807, 2.05) is 12.1 Å². The van der Waals surface area contributed by atoms with Gasteiger partial charge in [-0.25, -0.2) is 4.79 Å². The Kier molecular flexibility index (Phi) is 4.79. The Morgan fingerprint density at radius 2 is 1.68 bits per heavy atom. The number of hydrogen-bond acceptors (Lipinski definition) is 3. The maximum Gasteiger partial charge on any atom is 0.416 e.